The molecule has 0 saturated carbocycles. The molecule has 0 radical (unpaired) electrons. The summed E-state index contributed by atoms with van der Waals surface area (Å²) in [6, 6.07) is 6.72. The van der Waals surface area contributed by atoms with Gasteiger partial charge in [0.15, 0.2) is 6.54 Å². The van der Waals surface area contributed by atoms with Crippen LogP contribution in [0.4, 0.5) is 11.4 Å². The maximum Gasteiger partial charge on any atom is 0.281 e. The summed E-state index contributed by atoms with van der Waals surface area (Å²) >= 11 is 0. The second-order valence-electron chi connectivity index (χ2n) is 7.27. The summed E-state index contributed by atoms with van der Waals surface area (Å²) in [7, 11) is 0. The molecule has 0 spiro atoms. The number of nitrogens with one attached hydrogen (secondary N) is 1. The summed E-state index contributed by atoms with van der Waals surface area (Å²) in [6.07, 6.45) is 6.73. The van der Waals surface area contributed by atoms with Crippen LogP contribution < -0.4 is 9.80 Å². The van der Waals surface area contributed by atoms with Crippen LogP contribution in [0.5, 0.6) is 0 Å². The number of piperazine rings is 1. The zero-order chi connectivity index (χ0) is 19.2. The minimum absolute atomic E-state index is 0.116. The summed E-state index contributed by atoms with van der Waals surface area (Å²) < 4.78 is 0. The van der Waals surface area contributed by atoms with E-state index in [1.807, 2.05) is 17.0 Å². The largest absolute Gasteiger partial charge is 0.360 e. The van der Waals surface area contributed by atoms with Crippen LogP contribution in [0.1, 0.15) is 32.6 Å². The number of nitrogens with zero attached hydrogens (tertiary/aromatic N) is 3. The third-order valence-electron chi connectivity index (χ3n) is 5.53. The molecule has 1 heterocycles. The van der Waals surface area contributed by atoms with Gasteiger partial charge in [0.1, 0.15) is 0 Å². The quantitative estimate of drug-likeness (QED) is 0.607. The molecular formula is C20H29N4O3+. The smallest absolute Gasteiger partial charge is 0.281 e. The number of anilines is 1. The summed E-state index contributed by atoms with van der Waals surface area (Å²) in [6.45, 7) is 6.85. The maximum absolute atomic E-state index is 12.8. The Kier molecular flexibility index (Phi) is 6.45. The number of nitro groups is 1. The van der Waals surface area contributed by atoms with Gasteiger partial charge in [-0.2, -0.15) is 0 Å². The lowest BCUT2D eigenvalue weighted by atomic mass is 10.0. The van der Waals surface area contributed by atoms with Crippen LogP contribution in [-0.2, 0) is 4.79 Å². The van der Waals surface area contributed by atoms with E-state index in [2.05, 4.69) is 17.9 Å². The standard InChI is InChI=1S/C20H28N4O3/c1-2-23(18-6-4-3-5-7-18)20(25)16-21-12-14-22(15-13-21)17-8-10-19(11-9-17)24(26)27/h6,8-11H,2-5,7,12-16H2,1H3/p+1. The lowest BCUT2D eigenvalue weighted by Gasteiger charge is -2.34. The van der Waals surface area contributed by atoms with Crippen LogP contribution in [0.15, 0.2) is 36.0 Å². The normalized spacial score (nSPS) is 18.1. The first-order chi connectivity index (χ1) is 13.1. The van der Waals surface area contributed by atoms with Gasteiger partial charge in [-0.3, -0.25) is 14.9 Å². The van der Waals surface area contributed by atoms with Gasteiger partial charge >= 0.3 is 0 Å². The molecule has 1 saturated heterocycles. The first kappa shape index (κ1) is 19.4. The van der Waals surface area contributed by atoms with Crippen molar-refractivity contribution in [3.63, 3.8) is 0 Å². The fourth-order valence-corrected chi connectivity index (χ4v) is 3.96. The van der Waals surface area contributed by atoms with E-state index in [9.17, 15) is 14.9 Å². The topological polar surface area (TPSA) is 71.1 Å². The van der Waals surface area contributed by atoms with Crippen molar-refractivity contribution < 1.29 is 14.6 Å². The van der Waals surface area contributed by atoms with Crippen molar-refractivity contribution in [2.75, 3.05) is 44.2 Å². The minimum Gasteiger partial charge on any atom is -0.360 e. The van der Waals surface area contributed by atoms with E-state index in [0.717, 1.165) is 51.3 Å². The maximum atomic E-state index is 12.8. The molecule has 7 heteroatoms. The zero-order valence-electron chi connectivity index (χ0n) is 16.0. The van der Waals surface area contributed by atoms with Crippen LogP contribution in [0, 0.1) is 10.1 Å². The van der Waals surface area contributed by atoms with Crippen molar-refractivity contribution in [2.45, 2.75) is 32.6 Å². The number of quaternary nitrogens is 1. The predicted octanol–water partition coefficient (Wildman–Crippen LogP) is 1.61. The monoisotopic (exact) mass is 373 g/mol. The van der Waals surface area contributed by atoms with Gasteiger partial charge in [0.25, 0.3) is 11.6 Å². The number of rotatable bonds is 6. The number of non-ortho nitro benzene ring substituents is 1. The average Bonchev–Trinajstić information content (AvgIpc) is 2.70. The molecule has 27 heavy (non-hydrogen) atoms. The Morgan fingerprint density at radius 3 is 2.48 bits per heavy atom. The molecule has 0 atom stereocenters. The number of carbonyl (C=O) groups excluding carboxylic acids is 1. The van der Waals surface area contributed by atoms with Crippen molar-refractivity contribution in [3.8, 4) is 0 Å². The molecule has 1 fully saturated rings. The third kappa shape index (κ3) is 4.86. The highest BCUT2D eigenvalue weighted by atomic mass is 16.6. The predicted molar refractivity (Wildman–Crippen MR) is 105 cm³/mol. The molecule has 2 aliphatic rings. The molecule has 0 bridgehead atoms. The number of hydrogen-bond donors (Lipinski definition) is 1. The van der Waals surface area contributed by atoms with Gasteiger partial charge in [-0.05, 0) is 44.7 Å². The Hall–Kier alpha value is -2.41. The van der Waals surface area contributed by atoms with Crippen molar-refractivity contribution in [3.05, 3.63) is 46.2 Å². The molecule has 146 valence electrons. The number of hydrogen-bond acceptors (Lipinski definition) is 4. The SMILES string of the molecule is CCN(C(=O)C[NH+]1CCN(c2ccc([N+](=O)[O-])cc2)CC1)C1=CCCCC1. The van der Waals surface area contributed by atoms with Gasteiger partial charge in [0, 0.05) is 30.1 Å². The molecule has 1 aromatic carbocycles. The first-order valence-electron chi connectivity index (χ1n) is 9.91. The molecule has 1 N–H and O–H groups in total. The second-order valence-corrected chi connectivity index (χ2v) is 7.27. The Balaban J connectivity index is 1.52. The Labute approximate surface area is 160 Å². The van der Waals surface area contributed by atoms with Crippen LogP contribution in [-0.4, -0.2) is 55.0 Å². The van der Waals surface area contributed by atoms with Gasteiger partial charge in [-0.1, -0.05) is 6.08 Å². The minimum atomic E-state index is -0.376. The molecule has 1 aromatic rings. The van der Waals surface area contributed by atoms with Gasteiger partial charge < -0.3 is 14.7 Å². The summed E-state index contributed by atoms with van der Waals surface area (Å²) in [5, 5.41) is 10.8. The lowest BCUT2D eigenvalue weighted by Crippen LogP contribution is -3.15. The van der Waals surface area contributed by atoms with Crippen LogP contribution in [0.3, 0.4) is 0 Å². The lowest BCUT2D eigenvalue weighted by molar-refractivity contribution is -0.892. The molecule has 1 aliphatic heterocycles. The number of allylic oxidation sites excluding steroid dienone is 2. The summed E-state index contributed by atoms with van der Waals surface area (Å²) in [5.74, 6) is 0.226. The van der Waals surface area contributed by atoms with Crippen LogP contribution in [0.25, 0.3) is 0 Å². The summed E-state index contributed by atoms with van der Waals surface area (Å²) in [4.78, 5) is 28.7. The average molecular weight is 373 g/mol. The zero-order valence-corrected chi connectivity index (χ0v) is 16.0. The highest BCUT2D eigenvalue weighted by Gasteiger charge is 2.26. The van der Waals surface area contributed by atoms with Crippen molar-refractivity contribution in [2.24, 2.45) is 0 Å². The third-order valence-corrected chi connectivity index (χ3v) is 5.53. The highest BCUT2D eigenvalue weighted by Crippen LogP contribution is 2.21. The Morgan fingerprint density at radius 1 is 1.22 bits per heavy atom. The molecule has 0 unspecified atom stereocenters. The van der Waals surface area contributed by atoms with Crippen LogP contribution in [0.2, 0.25) is 0 Å². The number of benzene rings is 1. The second kappa shape index (κ2) is 8.99. The van der Waals surface area contributed by atoms with Gasteiger partial charge in [0.05, 0.1) is 31.1 Å². The van der Waals surface area contributed by atoms with Crippen LogP contribution >= 0.6 is 0 Å². The van der Waals surface area contributed by atoms with Gasteiger partial charge in [0.2, 0.25) is 0 Å². The highest BCUT2D eigenvalue weighted by molar-refractivity contribution is 5.79. The van der Waals surface area contributed by atoms with E-state index < -0.39 is 0 Å². The van der Waals surface area contributed by atoms with Crippen molar-refractivity contribution in [1.82, 2.24) is 4.90 Å². The number of nitro benzene ring substituents is 1. The molecular weight excluding hydrogens is 344 g/mol. The fraction of sp³-hybridized carbons (Fsp3) is 0.550. The van der Waals surface area contributed by atoms with E-state index in [-0.39, 0.29) is 16.5 Å². The van der Waals surface area contributed by atoms with Crippen molar-refractivity contribution in [1.29, 1.82) is 0 Å². The Bertz CT molecular complexity index is 694. The van der Waals surface area contributed by atoms with E-state index in [1.165, 1.54) is 23.4 Å². The number of likely N-dealkylation sites (N-methyl/N-ethyl adjacent to an activating group) is 1. The van der Waals surface area contributed by atoms with E-state index >= 15 is 0 Å². The molecule has 7 nitrogen and oxygen atoms in total. The molecule has 1 amide bonds. The fourth-order valence-electron chi connectivity index (χ4n) is 3.96. The van der Waals surface area contributed by atoms with E-state index in [1.54, 1.807) is 12.1 Å². The van der Waals surface area contributed by atoms with Gasteiger partial charge in [-0.15, -0.1) is 0 Å². The molecule has 1 aliphatic carbocycles. The molecule has 0 aromatic heterocycles. The number of carbonyl (C=O) groups is 1. The van der Waals surface area contributed by atoms with E-state index in [4.69, 9.17) is 0 Å². The Morgan fingerprint density at radius 2 is 1.93 bits per heavy atom. The van der Waals surface area contributed by atoms with E-state index in [0.29, 0.717) is 6.54 Å². The first-order valence-corrected chi connectivity index (χ1v) is 9.91. The number of amides is 1. The van der Waals surface area contributed by atoms with Crippen molar-refractivity contribution >= 4 is 17.3 Å². The molecule has 3 rings (SSSR count). The van der Waals surface area contributed by atoms with Gasteiger partial charge in [-0.25, -0.2) is 0 Å². The summed E-state index contributed by atoms with van der Waals surface area (Å²) in [5.41, 5.74) is 2.33.